The van der Waals surface area contributed by atoms with Crippen LogP contribution < -0.4 is 11.0 Å². The number of benzene rings is 1. The van der Waals surface area contributed by atoms with Crippen molar-refractivity contribution < 1.29 is 4.79 Å². The van der Waals surface area contributed by atoms with Crippen LogP contribution in [0.25, 0.3) is 11.0 Å². The molecular formula is C16H19N5O2. The maximum atomic E-state index is 12.6. The number of carbonyl (C=O) groups excluding carboxylic acids is 1. The summed E-state index contributed by atoms with van der Waals surface area (Å²) in [5, 5.41) is 6.76. The van der Waals surface area contributed by atoms with Gasteiger partial charge in [-0.25, -0.2) is 4.79 Å². The Morgan fingerprint density at radius 2 is 1.91 bits per heavy atom. The molecule has 7 nitrogen and oxygen atoms in total. The first-order valence-corrected chi connectivity index (χ1v) is 7.56. The summed E-state index contributed by atoms with van der Waals surface area (Å²) < 4.78 is 4.83. The summed E-state index contributed by atoms with van der Waals surface area (Å²) in [6.07, 6.45) is 4.14. The van der Waals surface area contributed by atoms with E-state index in [1.807, 2.05) is 31.2 Å². The molecule has 0 spiro atoms. The lowest BCUT2D eigenvalue weighted by molar-refractivity contribution is -0.116. The standard InChI is InChI=1S/C16H19N5O2/c1-3-8-20-13-6-4-5-7-14(13)21(16(20)23)11-15(22)18-12-9-17-19(2)10-12/h4-7,9-10H,3,8,11H2,1-2H3,(H,18,22). The first-order chi connectivity index (χ1) is 11.1. The van der Waals surface area contributed by atoms with Gasteiger partial charge in [-0.1, -0.05) is 19.1 Å². The second-order valence-corrected chi connectivity index (χ2v) is 5.46. The van der Waals surface area contributed by atoms with Crippen molar-refractivity contribution in [3.05, 3.63) is 47.1 Å². The van der Waals surface area contributed by atoms with Crippen LogP contribution in [-0.2, 0) is 24.9 Å². The number of fused-ring (bicyclic) bond motifs is 1. The fraction of sp³-hybridized carbons (Fsp3) is 0.312. The molecule has 2 heterocycles. The number of nitrogens with one attached hydrogen (secondary N) is 1. The number of amides is 1. The van der Waals surface area contributed by atoms with E-state index in [2.05, 4.69) is 10.4 Å². The average molecular weight is 313 g/mol. The van der Waals surface area contributed by atoms with Gasteiger partial charge in [0.25, 0.3) is 0 Å². The van der Waals surface area contributed by atoms with Crippen molar-refractivity contribution in [2.45, 2.75) is 26.4 Å². The van der Waals surface area contributed by atoms with Gasteiger partial charge in [-0.3, -0.25) is 18.6 Å². The van der Waals surface area contributed by atoms with Crippen molar-refractivity contribution in [2.75, 3.05) is 5.32 Å². The predicted molar refractivity (Wildman–Crippen MR) is 88.3 cm³/mol. The molecule has 3 rings (SSSR count). The van der Waals surface area contributed by atoms with Crippen LogP contribution in [0.4, 0.5) is 5.69 Å². The highest BCUT2D eigenvalue weighted by Gasteiger charge is 2.15. The van der Waals surface area contributed by atoms with Crippen molar-refractivity contribution in [3.63, 3.8) is 0 Å². The second-order valence-electron chi connectivity index (χ2n) is 5.46. The number of aromatic nitrogens is 4. The third-order valence-electron chi connectivity index (χ3n) is 3.66. The number of imidazole rings is 1. The van der Waals surface area contributed by atoms with Crippen LogP contribution in [0.5, 0.6) is 0 Å². The van der Waals surface area contributed by atoms with Gasteiger partial charge in [0.1, 0.15) is 6.54 Å². The highest BCUT2D eigenvalue weighted by atomic mass is 16.2. The van der Waals surface area contributed by atoms with Crippen molar-refractivity contribution in [3.8, 4) is 0 Å². The number of hydrogen-bond acceptors (Lipinski definition) is 3. The number of hydrogen-bond donors (Lipinski definition) is 1. The minimum atomic E-state index is -0.250. The molecule has 120 valence electrons. The molecule has 0 radical (unpaired) electrons. The van der Waals surface area contributed by atoms with Crippen LogP contribution in [0.1, 0.15) is 13.3 Å². The molecule has 0 saturated carbocycles. The number of anilines is 1. The third-order valence-corrected chi connectivity index (χ3v) is 3.66. The quantitative estimate of drug-likeness (QED) is 0.777. The molecule has 0 fully saturated rings. The van der Waals surface area contributed by atoms with Gasteiger partial charge in [0, 0.05) is 19.8 Å². The smallest absolute Gasteiger partial charge is 0.322 e. The van der Waals surface area contributed by atoms with Gasteiger partial charge in [0.05, 0.1) is 22.9 Å². The van der Waals surface area contributed by atoms with E-state index < -0.39 is 0 Å². The molecule has 1 amide bonds. The van der Waals surface area contributed by atoms with E-state index in [0.717, 1.165) is 17.5 Å². The van der Waals surface area contributed by atoms with E-state index in [1.54, 1.807) is 28.7 Å². The van der Waals surface area contributed by atoms with Crippen molar-refractivity contribution in [2.24, 2.45) is 7.05 Å². The van der Waals surface area contributed by atoms with Crippen molar-refractivity contribution in [1.82, 2.24) is 18.9 Å². The molecule has 0 unspecified atom stereocenters. The Kier molecular flexibility index (Phi) is 4.01. The average Bonchev–Trinajstić information content (AvgIpc) is 3.04. The van der Waals surface area contributed by atoms with Crippen LogP contribution in [0.15, 0.2) is 41.5 Å². The number of carbonyl (C=O) groups is 1. The Hall–Kier alpha value is -2.83. The van der Waals surface area contributed by atoms with Crippen LogP contribution >= 0.6 is 0 Å². The van der Waals surface area contributed by atoms with Gasteiger partial charge in [-0.15, -0.1) is 0 Å². The number of aryl methyl sites for hydroxylation is 2. The monoisotopic (exact) mass is 313 g/mol. The molecule has 0 aliphatic rings. The molecule has 0 bridgehead atoms. The van der Waals surface area contributed by atoms with Gasteiger partial charge in [0.15, 0.2) is 0 Å². The van der Waals surface area contributed by atoms with Gasteiger partial charge in [-0.05, 0) is 18.6 Å². The Balaban J connectivity index is 1.92. The van der Waals surface area contributed by atoms with Gasteiger partial charge in [0.2, 0.25) is 5.91 Å². The van der Waals surface area contributed by atoms with Crippen molar-refractivity contribution in [1.29, 1.82) is 0 Å². The first kappa shape index (κ1) is 15.1. The third kappa shape index (κ3) is 2.90. The Morgan fingerprint density at radius 3 is 2.52 bits per heavy atom. The second kappa shape index (κ2) is 6.12. The zero-order valence-corrected chi connectivity index (χ0v) is 13.2. The van der Waals surface area contributed by atoms with Gasteiger partial charge >= 0.3 is 5.69 Å². The lowest BCUT2D eigenvalue weighted by Gasteiger charge is -2.04. The summed E-state index contributed by atoms with van der Waals surface area (Å²) in [5.74, 6) is -0.250. The molecule has 0 aliphatic carbocycles. The van der Waals surface area contributed by atoms with Gasteiger partial charge < -0.3 is 5.32 Å². The van der Waals surface area contributed by atoms with Crippen LogP contribution in [-0.4, -0.2) is 24.8 Å². The zero-order valence-electron chi connectivity index (χ0n) is 13.2. The maximum Gasteiger partial charge on any atom is 0.329 e. The molecule has 2 aromatic heterocycles. The Bertz CT molecular complexity index is 903. The summed E-state index contributed by atoms with van der Waals surface area (Å²) in [6, 6.07) is 7.53. The van der Waals surface area contributed by atoms with E-state index in [-0.39, 0.29) is 18.1 Å². The fourth-order valence-corrected chi connectivity index (χ4v) is 2.69. The van der Waals surface area contributed by atoms with E-state index in [9.17, 15) is 9.59 Å². The molecule has 3 aromatic rings. The Morgan fingerprint density at radius 1 is 1.22 bits per heavy atom. The number of para-hydroxylation sites is 2. The maximum absolute atomic E-state index is 12.6. The highest BCUT2D eigenvalue weighted by molar-refractivity contribution is 5.91. The molecule has 0 saturated heterocycles. The lowest BCUT2D eigenvalue weighted by Crippen LogP contribution is -2.29. The summed E-state index contributed by atoms with van der Waals surface area (Å²) in [5.41, 5.74) is 2.08. The summed E-state index contributed by atoms with van der Waals surface area (Å²) >= 11 is 0. The molecule has 0 aliphatic heterocycles. The molecule has 1 aromatic carbocycles. The van der Waals surface area contributed by atoms with E-state index in [4.69, 9.17) is 0 Å². The normalized spacial score (nSPS) is 11.0. The predicted octanol–water partition coefficient (Wildman–Crippen LogP) is 1.59. The van der Waals surface area contributed by atoms with E-state index >= 15 is 0 Å². The molecule has 1 N–H and O–H groups in total. The topological polar surface area (TPSA) is 73.8 Å². The minimum absolute atomic E-state index is 0.0229. The fourth-order valence-electron chi connectivity index (χ4n) is 2.69. The van der Waals surface area contributed by atoms with Gasteiger partial charge in [-0.2, -0.15) is 5.10 Å². The first-order valence-electron chi connectivity index (χ1n) is 7.56. The van der Waals surface area contributed by atoms with Crippen LogP contribution in [0.3, 0.4) is 0 Å². The molecule has 0 atom stereocenters. The van der Waals surface area contributed by atoms with Crippen LogP contribution in [0, 0.1) is 0 Å². The van der Waals surface area contributed by atoms with Crippen LogP contribution in [0.2, 0.25) is 0 Å². The molecular weight excluding hydrogens is 294 g/mol. The summed E-state index contributed by atoms with van der Waals surface area (Å²) in [6.45, 7) is 2.63. The summed E-state index contributed by atoms with van der Waals surface area (Å²) in [7, 11) is 1.78. The highest BCUT2D eigenvalue weighted by Crippen LogP contribution is 2.13. The zero-order chi connectivity index (χ0) is 16.4. The van der Waals surface area contributed by atoms with Crippen molar-refractivity contribution >= 4 is 22.6 Å². The van der Waals surface area contributed by atoms with E-state index in [0.29, 0.717) is 12.2 Å². The molecule has 23 heavy (non-hydrogen) atoms. The Labute approximate surface area is 133 Å². The van der Waals surface area contributed by atoms with E-state index in [1.165, 1.54) is 4.57 Å². The minimum Gasteiger partial charge on any atom is -0.322 e. The number of nitrogens with zero attached hydrogens (tertiary/aromatic N) is 4. The summed E-state index contributed by atoms with van der Waals surface area (Å²) in [4.78, 5) is 24.8. The SMILES string of the molecule is CCCn1c(=O)n(CC(=O)Nc2cnn(C)c2)c2ccccc21. The number of rotatable bonds is 5. The molecule has 7 heteroatoms. The lowest BCUT2D eigenvalue weighted by atomic mass is 10.3. The largest absolute Gasteiger partial charge is 0.329 e.